The smallest absolute Gasteiger partial charge is 0.266 e. The summed E-state index contributed by atoms with van der Waals surface area (Å²) in [7, 11) is 3.10. The first kappa shape index (κ1) is 27.2. The summed E-state index contributed by atoms with van der Waals surface area (Å²) in [6.45, 7) is 8.12. The van der Waals surface area contributed by atoms with Crippen molar-refractivity contribution in [1.29, 1.82) is 0 Å². The minimum atomic E-state index is -0.538. The zero-order chi connectivity index (χ0) is 26.1. The van der Waals surface area contributed by atoms with Crippen molar-refractivity contribution < 1.29 is 23.9 Å². The Kier molecular flexibility index (Phi) is 9.70. The van der Waals surface area contributed by atoms with Gasteiger partial charge in [0.1, 0.15) is 12.4 Å². The number of amides is 3. The van der Waals surface area contributed by atoms with Crippen LogP contribution in [-0.2, 0) is 0 Å². The van der Waals surface area contributed by atoms with Gasteiger partial charge >= 0.3 is 0 Å². The molecule has 0 unspecified atom stereocenters. The molecule has 0 fully saturated rings. The van der Waals surface area contributed by atoms with E-state index in [9.17, 15) is 19.2 Å². The standard InChI is InChI=1S/C26H26N2O5.C2H6/c1-5-8-19(10-7-12-33-20-11-6-9-17(2)13-20)28-25(31)22-14-18(16-29)21(24(30)27(3)4)15-23(22)26(28)32;1-2/h6-11,13-16H,5,12H2,1-4H3;1-2H3/b10-7-,19-8+;. The molecule has 3 rings (SSSR count). The molecule has 3 amide bonds. The molecule has 0 radical (unpaired) electrons. The third-order valence-corrected chi connectivity index (χ3v) is 5.12. The van der Waals surface area contributed by atoms with Gasteiger partial charge in [-0.15, -0.1) is 0 Å². The lowest BCUT2D eigenvalue weighted by Crippen LogP contribution is -2.28. The molecule has 1 aliphatic rings. The number of aryl methyl sites for hydroxylation is 1. The summed E-state index contributed by atoms with van der Waals surface area (Å²) in [4.78, 5) is 52.6. The van der Waals surface area contributed by atoms with Crippen LogP contribution in [-0.4, -0.2) is 54.5 Å². The van der Waals surface area contributed by atoms with Gasteiger partial charge in [0.2, 0.25) is 0 Å². The molecular weight excluding hydrogens is 444 g/mol. The number of carbonyl (C=O) groups is 4. The van der Waals surface area contributed by atoms with Crippen LogP contribution in [0.1, 0.15) is 74.2 Å². The Labute approximate surface area is 206 Å². The van der Waals surface area contributed by atoms with Gasteiger partial charge in [-0.2, -0.15) is 0 Å². The number of hydrogen-bond donors (Lipinski definition) is 0. The van der Waals surface area contributed by atoms with Crippen LogP contribution in [0.3, 0.4) is 0 Å². The summed E-state index contributed by atoms with van der Waals surface area (Å²) < 4.78 is 5.70. The Bertz CT molecular complexity index is 1180. The molecule has 7 heteroatoms. The third-order valence-electron chi connectivity index (χ3n) is 5.12. The summed E-state index contributed by atoms with van der Waals surface area (Å²) in [5.41, 5.74) is 1.84. The van der Waals surface area contributed by atoms with Crippen LogP contribution in [0.25, 0.3) is 0 Å². The number of imide groups is 1. The number of fused-ring (bicyclic) bond motifs is 1. The highest BCUT2D eigenvalue weighted by Crippen LogP contribution is 2.30. The molecule has 2 aromatic rings. The molecule has 0 saturated carbocycles. The fraction of sp³-hybridized carbons (Fsp3) is 0.286. The summed E-state index contributed by atoms with van der Waals surface area (Å²) in [6, 6.07) is 10.3. The van der Waals surface area contributed by atoms with E-state index in [0.717, 1.165) is 16.2 Å². The zero-order valence-corrected chi connectivity index (χ0v) is 21.1. The van der Waals surface area contributed by atoms with Crippen LogP contribution in [0.5, 0.6) is 5.75 Å². The average Bonchev–Trinajstić information content (AvgIpc) is 3.10. The molecule has 0 aliphatic carbocycles. The Hall–Kier alpha value is -4.00. The predicted octanol–water partition coefficient (Wildman–Crippen LogP) is 5.06. The van der Waals surface area contributed by atoms with E-state index in [-0.39, 0.29) is 28.9 Å². The van der Waals surface area contributed by atoms with Crippen LogP contribution in [0, 0.1) is 6.92 Å². The summed E-state index contributed by atoms with van der Waals surface area (Å²) in [6.07, 6.45) is 6.26. The van der Waals surface area contributed by atoms with E-state index in [1.807, 2.05) is 52.0 Å². The first-order valence-corrected chi connectivity index (χ1v) is 11.6. The number of allylic oxidation sites excluding steroid dienone is 2. The van der Waals surface area contributed by atoms with E-state index in [1.54, 1.807) is 32.3 Å². The van der Waals surface area contributed by atoms with Gasteiger partial charge in [0.05, 0.1) is 16.7 Å². The largest absolute Gasteiger partial charge is 0.490 e. The van der Waals surface area contributed by atoms with E-state index in [0.29, 0.717) is 18.4 Å². The first-order valence-electron chi connectivity index (χ1n) is 11.6. The van der Waals surface area contributed by atoms with E-state index in [1.165, 1.54) is 17.0 Å². The lowest BCUT2D eigenvalue weighted by Gasteiger charge is -2.15. The molecular formula is C28H32N2O5. The molecule has 1 heterocycles. The summed E-state index contributed by atoms with van der Waals surface area (Å²) in [5.74, 6) is -0.771. The van der Waals surface area contributed by atoms with Crippen LogP contribution >= 0.6 is 0 Å². The Morgan fingerprint density at radius 3 is 2.29 bits per heavy atom. The van der Waals surface area contributed by atoms with Gasteiger partial charge in [0.25, 0.3) is 17.7 Å². The number of aldehydes is 1. The lowest BCUT2D eigenvalue weighted by molar-refractivity contribution is 0.0708. The van der Waals surface area contributed by atoms with Crippen LogP contribution < -0.4 is 4.74 Å². The number of benzene rings is 2. The quantitative estimate of drug-likeness (QED) is 0.302. The topological polar surface area (TPSA) is 84.0 Å². The lowest BCUT2D eigenvalue weighted by atomic mass is 9.99. The molecule has 184 valence electrons. The van der Waals surface area contributed by atoms with Crippen molar-refractivity contribution in [3.63, 3.8) is 0 Å². The molecule has 0 bridgehead atoms. The number of rotatable bonds is 8. The van der Waals surface area contributed by atoms with E-state index in [4.69, 9.17) is 4.74 Å². The van der Waals surface area contributed by atoms with Crippen LogP contribution in [0.2, 0.25) is 0 Å². The van der Waals surface area contributed by atoms with Crippen molar-refractivity contribution in [2.45, 2.75) is 34.1 Å². The highest BCUT2D eigenvalue weighted by atomic mass is 16.5. The molecule has 0 spiro atoms. The Balaban J connectivity index is 0.00000210. The molecule has 0 saturated heterocycles. The highest BCUT2D eigenvalue weighted by Gasteiger charge is 2.38. The normalized spacial score (nSPS) is 12.9. The second-order valence-electron chi connectivity index (χ2n) is 7.82. The highest BCUT2D eigenvalue weighted by molar-refractivity contribution is 6.24. The Morgan fingerprint density at radius 2 is 1.71 bits per heavy atom. The van der Waals surface area contributed by atoms with Gasteiger partial charge in [-0.1, -0.05) is 39.0 Å². The maximum absolute atomic E-state index is 13.1. The van der Waals surface area contributed by atoms with E-state index in [2.05, 4.69) is 0 Å². The van der Waals surface area contributed by atoms with Gasteiger partial charge in [-0.25, -0.2) is 4.90 Å². The molecule has 0 N–H and O–H groups in total. The first-order chi connectivity index (χ1) is 16.8. The van der Waals surface area contributed by atoms with Crippen molar-refractivity contribution in [3.05, 3.63) is 88.1 Å². The van der Waals surface area contributed by atoms with Crippen molar-refractivity contribution in [3.8, 4) is 5.75 Å². The summed E-state index contributed by atoms with van der Waals surface area (Å²) in [5, 5.41) is 0. The fourth-order valence-corrected chi connectivity index (χ4v) is 3.52. The Morgan fingerprint density at radius 1 is 1.06 bits per heavy atom. The molecule has 7 nitrogen and oxygen atoms in total. The van der Waals surface area contributed by atoms with Crippen molar-refractivity contribution in [1.82, 2.24) is 9.80 Å². The summed E-state index contributed by atoms with van der Waals surface area (Å²) >= 11 is 0. The van der Waals surface area contributed by atoms with Gasteiger partial charge in [-0.05, 0) is 55.3 Å². The van der Waals surface area contributed by atoms with Crippen molar-refractivity contribution >= 4 is 24.0 Å². The monoisotopic (exact) mass is 476 g/mol. The number of ether oxygens (including phenoxy) is 1. The van der Waals surface area contributed by atoms with E-state index < -0.39 is 17.7 Å². The maximum Gasteiger partial charge on any atom is 0.266 e. The maximum atomic E-state index is 13.1. The molecule has 2 aromatic carbocycles. The zero-order valence-electron chi connectivity index (χ0n) is 21.1. The van der Waals surface area contributed by atoms with Crippen molar-refractivity contribution in [2.24, 2.45) is 0 Å². The van der Waals surface area contributed by atoms with Gasteiger partial charge in [0, 0.05) is 25.4 Å². The SMILES string of the molecule is CC.CC/C=C(\C=C/COc1cccc(C)c1)N1C(=O)c2cc(C=O)c(C(=O)N(C)C)cc2C1=O. The van der Waals surface area contributed by atoms with Crippen LogP contribution in [0.4, 0.5) is 0 Å². The van der Waals surface area contributed by atoms with Gasteiger partial charge in [0.15, 0.2) is 6.29 Å². The molecule has 1 aliphatic heterocycles. The second kappa shape index (κ2) is 12.5. The second-order valence-corrected chi connectivity index (χ2v) is 7.82. The molecule has 35 heavy (non-hydrogen) atoms. The minimum absolute atomic E-state index is 0.0681. The number of hydrogen-bond acceptors (Lipinski definition) is 5. The predicted molar refractivity (Wildman–Crippen MR) is 136 cm³/mol. The number of nitrogens with zero attached hydrogens (tertiary/aromatic N) is 2. The fourth-order valence-electron chi connectivity index (χ4n) is 3.52. The van der Waals surface area contributed by atoms with Gasteiger partial charge < -0.3 is 9.64 Å². The average molecular weight is 477 g/mol. The van der Waals surface area contributed by atoms with E-state index >= 15 is 0 Å². The van der Waals surface area contributed by atoms with Crippen molar-refractivity contribution in [2.75, 3.05) is 20.7 Å². The molecule has 0 atom stereocenters. The van der Waals surface area contributed by atoms with Gasteiger partial charge in [-0.3, -0.25) is 19.2 Å². The van der Waals surface area contributed by atoms with Crippen LogP contribution in [0.15, 0.2) is 60.3 Å². The minimum Gasteiger partial charge on any atom is -0.490 e. The number of carbonyl (C=O) groups excluding carboxylic acids is 4. The third kappa shape index (κ3) is 6.12. The molecule has 0 aromatic heterocycles.